The first-order valence-electron chi connectivity index (χ1n) is 7.84. The second kappa shape index (κ2) is 7.14. The lowest BCUT2D eigenvalue weighted by atomic mass is 9.99. The number of hydrogen-bond acceptors (Lipinski definition) is 4. The summed E-state index contributed by atoms with van der Waals surface area (Å²) in [4.78, 5) is 4.85. The first-order valence-corrected chi connectivity index (χ1v) is 7.84. The summed E-state index contributed by atoms with van der Waals surface area (Å²) in [6.45, 7) is 4.54. The van der Waals surface area contributed by atoms with Gasteiger partial charge in [-0.25, -0.2) is 0 Å². The summed E-state index contributed by atoms with van der Waals surface area (Å²) in [6, 6.07) is 7.23. The van der Waals surface area contributed by atoms with Gasteiger partial charge in [-0.3, -0.25) is 0 Å². The van der Waals surface area contributed by atoms with Crippen LogP contribution in [0.5, 0.6) is 5.75 Å². The fourth-order valence-corrected chi connectivity index (χ4v) is 3.18. The number of nitrogens with zero attached hydrogens (tertiary/aromatic N) is 2. The molecule has 0 spiro atoms. The number of likely N-dealkylation sites (tertiary alicyclic amines) is 1. The number of methoxy groups -OCH3 is 1. The van der Waals surface area contributed by atoms with Crippen LogP contribution in [-0.4, -0.2) is 52.3 Å². The highest BCUT2D eigenvalue weighted by Crippen LogP contribution is 2.35. The molecule has 1 heterocycles. The van der Waals surface area contributed by atoms with Crippen LogP contribution in [0.2, 0.25) is 0 Å². The van der Waals surface area contributed by atoms with E-state index in [1.165, 1.54) is 37.2 Å². The Labute approximate surface area is 129 Å². The van der Waals surface area contributed by atoms with Gasteiger partial charge in [-0.15, -0.1) is 0 Å². The molecule has 1 aromatic carbocycles. The van der Waals surface area contributed by atoms with Gasteiger partial charge in [0.2, 0.25) is 0 Å². The lowest BCUT2D eigenvalue weighted by molar-refractivity contribution is 0.252. The highest BCUT2D eigenvalue weighted by atomic mass is 16.5. The summed E-state index contributed by atoms with van der Waals surface area (Å²) in [5, 5.41) is 3.35. The summed E-state index contributed by atoms with van der Waals surface area (Å²) in [7, 11) is 8.17. The number of rotatable bonds is 5. The van der Waals surface area contributed by atoms with Crippen LogP contribution in [0.1, 0.15) is 31.4 Å². The molecule has 0 amide bonds. The molecule has 0 saturated carbocycles. The number of anilines is 1. The smallest absolute Gasteiger partial charge is 0.125 e. The van der Waals surface area contributed by atoms with Gasteiger partial charge >= 0.3 is 0 Å². The van der Waals surface area contributed by atoms with E-state index in [1.807, 2.05) is 7.05 Å². The minimum atomic E-state index is 0.268. The normalized spacial score (nSPS) is 18.5. The Bertz CT molecular complexity index is 455. The maximum Gasteiger partial charge on any atom is 0.125 e. The highest BCUT2D eigenvalue weighted by Gasteiger charge is 2.24. The van der Waals surface area contributed by atoms with Crippen molar-refractivity contribution in [2.45, 2.75) is 31.8 Å². The Morgan fingerprint density at radius 1 is 1.33 bits per heavy atom. The highest BCUT2D eigenvalue weighted by molar-refractivity contribution is 5.61. The SMILES string of the molecule is CNC(C)c1c(OC)cccc1N(C)C1CCN(C)CC1. The van der Waals surface area contributed by atoms with E-state index in [9.17, 15) is 0 Å². The minimum absolute atomic E-state index is 0.268. The van der Waals surface area contributed by atoms with Gasteiger partial charge in [-0.05, 0) is 59.1 Å². The number of benzene rings is 1. The maximum atomic E-state index is 5.59. The fourth-order valence-electron chi connectivity index (χ4n) is 3.18. The molecule has 0 bridgehead atoms. The number of nitrogens with one attached hydrogen (secondary N) is 1. The fraction of sp³-hybridized carbons (Fsp3) is 0.647. The number of ether oxygens (including phenoxy) is 1. The predicted molar refractivity (Wildman–Crippen MR) is 89.4 cm³/mol. The van der Waals surface area contributed by atoms with Crippen LogP contribution in [0.3, 0.4) is 0 Å². The van der Waals surface area contributed by atoms with Crippen molar-refractivity contribution in [3.63, 3.8) is 0 Å². The average molecular weight is 291 g/mol. The molecule has 1 atom stereocenters. The van der Waals surface area contributed by atoms with Crippen molar-refractivity contribution in [1.82, 2.24) is 10.2 Å². The molecular formula is C17H29N3O. The largest absolute Gasteiger partial charge is 0.496 e. The van der Waals surface area contributed by atoms with Crippen LogP contribution < -0.4 is 15.0 Å². The topological polar surface area (TPSA) is 27.7 Å². The lowest BCUT2D eigenvalue weighted by Gasteiger charge is -2.38. The van der Waals surface area contributed by atoms with Crippen molar-refractivity contribution in [2.24, 2.45) is 0 Å². The van der Waals surface area contributed by atoms with Crippen molar-refractivity contribution in [3.05, 3.63) is 23.8 Å². The standard InChI is InChI=1S/C17H29N3O/c1-13(18-2)17-15(7-6-8-16(17)21-5)20(4)14-9-11-19(3)12-10-14/h6-8,13-14,18H,9-12H2,1-5H3. The van der Waals surface area contributed by atoms with Crippen LogP contribution in [-0.2, 0) is 0 Å². The van der Waals surface area contributed by atoms with Gasteiger partial charge < -0.3 is 19.9 Å². The Balaban J connectivity index is 2.29. The van der Waals surface area contributed by atoms with Crippen molar-refractivity contribution in [1.29, 1.82) is 0 Å². The van der Waals surface area contributed by atoms with Gasteiger partial charge in [0.05, 0.1) is 7.11 Å². The zero-order chi connectivity index (χ0) is 15.4. The first-order chi connectivity index (χ1) is 10.1. The van der Waals surface area contributed by atoms with Crippen LogP contribution in [0.15, 0.2) is 18.2 Å². The van der Waals surface area contributed by atoms with Gasteiger partial charge in [0.15, 0.2) is 0 Å². The van der Waals surface area contributed by atoms with E-state index >= 15 is 0 Å². The molecule has 1 N–H and O–H groups in total. The van der Waals surface area contributed by atoms with Crippen molar-refractivity contribution < 1.29 is 4.74 Å². The van der Waals surface area contributed by atoms with E-state index in [2.05, 4.69) is 54.3 Å². The van der Waals surface area contributed by atoms with Gasteiger partial charge in [-0.2, -0.15) is 0 Å². The molecular weight excluding hydrogens is 262 g/mol. The lowest BCUT2D eigenvalue weighted by Crippen LogP contribution is -2.42. The van der Waals surface area contributed by atoms with Gasteiger partial charge in [0.25, 0.3) is 0 Å². The molecule has 4 nitrogen and oxygen atoms in total. The van der Waals surface area contributed by atoms with Crippen molar-refractivity contribution in [2.75, 3.05) is 46.2 Å². The molecule has 0 radical (unpaired) electrons. The zero-order valence-electron chi connectivity index (χ0n) is 14.0. The summed E-state index contributed by atoms with van der Waals surface area (Å²) < 4.78 is 5.59. The van der Waals surface area contributed by atoms with Crippen LogP contribution >= 0.6 is 0 Å². The summed E-state index contributed by atoms with van der Waals surface area (Å²) in [5.41, 5.74) is 2.54. The van der Waals surface area contributed by atoms with Crippen LogP contribution in [0, 0.1) is 0 Å². The second-order valence-corrected chi connectivity index (χ2v) is 6.05. The van der Waals surface area contributed by atoms with E-state index in [0.717, 1.165) is 5.75 Å². The molecule has 1 aliphatic heterocycles. The second-order valence-electron chi connectivity index (χ2n) is 6.05. The third-order valence-electron chi connectivity index (χ3n) is 4.74. The van der Waals surface area contributed by atoms with Crippen molar-refractivity contribution in [3.8, 4) is 5.75 Å². The van der Waals surface area contributed by atoms with E-state index in [4.69, 9.17) is 4.74 Å². The quantitative estimate of drug-likeness (QED) is 0.902. The molecule has 118 valence electrons. The molecule has 1 aromatic rings. The Morgan fingerprint density at radius 2 is 2.00 bits per heavy atom. The first kappa shape index (κ1) is 16.1. The van der Waals surface area contributed by atoms with E-state index in [1.54, 1.807) is 7.11 Å². The van der Waals surface area contributed by atoms with Gasteiger partial charge in [0.1, 0.15) is 5.75 Å². The molecule has 4 heteroatoms. The summed E-state index contributed by atoms with van der Waals surface area (Å²) >= 11 is 0. The zero-order valence-corrected chi connectivity index (χ0v) is 14.0. The Morgan fingerprint density at radius 3 is 2.57 bits per heavy atom. The molecule has 1 unspecified atom stereocenters. The van der Waals surface area contributed by atoms with Crippen molar-refractivity contribution >= 4 is 5.69 Å². The third kappa shape index (κ3) is 3.50. The number of piperidine rings is 1. The Kier molecular flexibility index (Phi) is 5.48. The Hall–Kier alpha value is -1.26. The van der Waals surface area contributed by atoms with Gasteiger partial charge in [-0.1, -0.05) is 6.07 Å². The molecule has 21 heavy (non-hydrogen) atoms. The summed E-state index contributed by atoms with van der Waals surface area (Å²) in [6.07, 6.45) is 2.44. The van der Waals surface area contributed by atoms with E-state index in [0.29, 0.717) is 6.04 Å². The van der Waals surface area contributed by atoms with E-state index < -0.39 is 0 Å². The molecule has 1 saturated heterocycles. The molecule has 1 aliphatic rings. The number of hydrogen-bond donors (Lipinski definition) is 1. The monoisotopic (exact) mass is 291 g/mol. The predicted octanol–water partition coefficient (Wildman–Crippen LogP) is 2.51. The molecule has 2 rings (SSSR count). The minimum Gasteiger partial charge on any atom is -0.496 e. The maximum absolute atomic E-state index is 5.59. The molecule has 0 aliphatic carbocycles. The van der Waals surface area contributed by atoms with Crippen LogP contribution in [0.4, 0.5) is 5.69 Å². The summed E-state index contributed by atoms with van der Waals surface area (Å²) in [5.74, 6) is 0.967. The van der Waals surface area contributed by atoms with Crippen LogP contribution in [0.25, 0.3) is 0 Å². The van der Waals surface area contributed by atoms with E-state index in [-0.39, 0.29) is 6.04 Å². The average Bonchev–Trinajstić information content (AvgIpc) is 2.53. The molecule has 0 aromatic heterocycles. The molecule has 1 fully saturated rings. The van der Waals surface area contributed by atoms with Gasteiger partial charge in [0, 0.05) is 30.4 Å². The third-order valence-corrected chi connectivity index (χ3v) is 4.74.